The summed E-state index contributed by atoms with van der Waals surface area (Å²) in [7, 11) is 0. The van der Waals surface area contributed by atoms with Crippen LogP contribution < -0.4 is 5.43 Å². The number of anilines is 1. The van der Waals surface area contributed by atoms with E-state index in [0.29, 0.717) is 0 Å². The Labute approximate surface area is 140 Å². The van der Waals surface area contributed by atoms with Crippen molar-refractivity contribution in [1.82, 2.24) is 9.78 Å². The van der Waals surface area contributed by atoms with Crippen molar-refractivity contribution < 1.29 is 0 Å². The van der Waals surface area contributed by atoms with E-state index in [1.807, 2.05) is 95.8 Å². The van der Waals surface area contributed by atoms with E-state index >= 15 is 0 Å². The molecule has 3 aromatic carbocycles. The maximum Gasteiger partial charge on any atom is 0.180 e. The van der Waals surface area contributed by atoms with E-state index in [9.17, 15) is 0 Å². The molecule has 4 heteroatoms. The Morgan fingerprint density at radius 2 is 1.46 bits per heavy atom. The van der Waals surface area contributed by atoms with Crippen LogP contribution >= 0.6 is 0 Å². The number of benzene rings is 3. The topological polar surface area (TPSA) is 42.2 Å². The zero-order valence-electron chi connectivity index (χ0n) is 13.0. The Balaban J connectivity index is 1.78. The van der Waals surface area contributed by atoms with Crippen LogP contribution in [0.15, 0.2) is 96.2 Å². The Morgan fingerprint density at radius 1 is 0.792 bits per heavy atom. The van der Waals surface area contributed by atoms with E-state index < -0.39 is 0 Å². The molecule has 0 radical (unpaired) electrons. The summed E-state index contributed by atoms with van der Waals surface area (Å²) in [6.45, 7) is 0. The fourth-order valence-electron chi connectivity index (χ4n) is 2.54. The molecule has 0 aliphatic rings. The van der Waals surface area contributed by atoms with Gasteiger partial charge in [-0.3, -0.25) is 5.43 Å². The van der Waals surface area contributed by atoms with E-state index in [1.54, 1.807) is 0 Å². The van der Waals surface area contributed by atoms with Crippen molar-refractivity contribution in [3.05, 3.63) is 96.7 Å². The molecule has 1 N–H and O–H groups in total. The number of rotatable bonds is 3. The van der Waals surface area contributed by atoms with Crippen molar-refractivity contribution in [2.45, 2.75) is 0 Å². The lowest BCUT2D eigenvalue weighted by atomic mass is 10.2. The summed E-state index contributed by atoms with van der Waals surface area (Å²) in [6.07, 6.45) is 1.99. The highest BCUT2D eigenvalue weighted by Crippen LogP contribution is 2.14. The van der Waals surface area contributed by atoms with Gasteiger partial charge in [-0.2, -0.15) is 10.2 Å². The van der Waals surface area contributed by atoms with Crippen LogP contribution in [0.4, 0.5) is 5.69 Å². The number of hydrogen-bond acceptors (Lipinski definition) is 3. The lowest BCUT2D eigenvalue weighted by molar-refractivity contribution is 0.945. The molecule has 1 heterocycles. The normalized spacial score (nSPS) is 11.6. The molecular formula is C20H16N4. The number of aromatic nitrogens is 2. The summed E-state index contributed by atoms with van der Waals surface area (Å²) in [5.41, 5.74) is 5.99. The van der Waals surface area contributed by atoms with Gasteiger partial charge in [0.1, 0.15) is 0 Å². The van der Waals surface area contributed by atoms with Crippen LogP contribution in [0.5, 0.6) is 0 Å². The quantitative estimate of drug-likeness (QED) is 0.347. The number of hydrazone groups is 1. The van der Waals surface area contributed by atoms with Crippen LogP contribution in [0.2, 0.25) is 0 Å². The van der Waals surface area contributed by atoms with Gasteiger partial charge in [0.25, 0.3) is 0 Å². The Bertz CT molecular complexity index is 939. The fourth-order valence-corrected chi connectivity index (χ4v) is 2.54. The van der Waals surface area contributed by atoms with Crippen molar-refractivity contribution >= 4 is 22.4 Å². The largest absolute Gasteiger partial charge is 0.276 e. The van der Waals surface area contributed by atoms with Gasteiger partial charge in [0, 0.05) is 17.1 Å². The average Bonchev–Trinajstić information content (AvgIpc) is 3.07. The van der Waals surface area contributed by atoms with E-state index in [0.717, 1.165) is 28.0 Å². The summed E-state index contributed by atoms with van der Waals surface area (Å²) in [5, 5.41) is 10.3. The van der Waals surface area contributed by atoms with E-state index in [-0.39, 0.29) is 0 Å². The van der Waals surface area contributed by atoms with Crippen LogP contribution in [0.3, 0.4) is 0 Å². The van der Waals surface area contributed by atoms with Crippen LogP contribution in [0.25, 0.3) is 10.9 Å². The second-order valence-electron chi connectivity index (χ2n) is 5.41. The average molecular weight is 312 g/mol. The van der Waals surface area contributed by atoms with Gasteiger partial charge in [-0.1, -0.05) is 66.7 Å². The molecule has 0 fully saturated rings. The summed E-state index contributed by atoms with van der Waals surface area (Å²) >= 11 is 0. The number of nitrogens with zero attached hydrogens (tertiary/aromatic N) is 3. The molecular weight excluding hydrogens is 296 g/mol. The van der Waals surface area contributed by atoms with Crippen LogP contribution in [-0.4, -0.2) is 15.6 Å². The van der Waals surface area contributed by atoms with Crippen molar-refractivity contribution in [3.8, 4) is 0 Å². The maximum absolute atomic E-state index is 4.65. The molecule has 0 saturated carbocycles. The van der Waals surface area contributed by atoms with E-state index in [1.165, 1.54) is 0 Å². The van der Waals surface area contributed by atoms with Gasteiger partial charge in [0.05, 0.1) is 11.2 Å². The van der Waals surface area contributed by atoms with Crippen LogP contribution in [0, 0.1) is 0 Å². The highest BCUT2D eigenvalue weighted by molar-refractivity contribution is 6.01. The van der Waals surface area contributed by atoms with Gasteiger partial charge in [-0.15, -0.1) is 0 Å². The minimum Gasteiger partial charge on any atom is -0.276 e. The third-order valence-corrected chi connectivity index (χ3v) is 3.73. The predicted molar refractivity (Wildman–Crippen MR) is 98.2 cm³/mol. The summed E-state index contributed by atoms with van der Waals surface area (Å²) in [5.74, 6) is 0.746. The second kappa shape index (κ2) is 6.38. The van der Waals surface area contributed by atoms with Gasteiger partial charge in [-0.05, 0) is 18.2 Å². The monoisotopic (exact) mass is 312 g/mol. The zero-order valence-corrected chi connectivity index (χ0v) is 13.0. The van der Waals surface area contributed by atoms with E-state index in [4.69, 9.17) is 0 Å². The SMILES string of the molecule is c1ccc(N/N=C(/c2ccccc2)n2cc3ccccc3n2)cc1. The lowest BCUT2D eigenvalue weighted by Gasteiger charge is -2.08. The molecule has 1 aromatic heterocycles. The van der Waals surface area contributed by atoms with Gasteiger partial charge < -0.3 is 0 Å². The Kier molecular flexibility index (Phi) is 3.78. The molecule has 0 aliphatic heterocycles. The summed E-state index contributed by atoms with van der Waals surface area (Å²) in [4.78, 5) is 0. The van der Waals surface area contributed by atoms with Crippen molar-refractivity contribution in [2.24, 2.45) is 5.10 Å². The van der Waals surface area contributed by atoms with Crippen LogP contribution in [-0.2, 0) is 0 Å². The Hall–Kier alpha value is -3.40. The molecule has 0 bridgehead atoms. The number of hydrogen-bond donors (Lipinski definition) is 1. The molecule has 4 aromatic rings. The van der Waals surface area contributed by atoms with Crippen molar-refractivity contribution in [1.29, 1.82) is 0 Å². The molecule has 0 saturated heterocycles. The molecule has 0 amide bonds. The molecule has 0 atom stereocenters. The lowest BCUT2D eigenvalue weighted by Crippen LogP contribution is -2.16. The van der Waals surface area contributed by atoms with Crippen molar-refractivity contribution in [2.75, 3.05) is 5.43 Å². The minimum absolute atomic E-state index is 0.746. The molecule has 4 rings (SSSR count). The zero-order chi connectivity index (χ0) is 16.2. The van der Waals surface area contributed by atoms with Crippen LogP contribution in [0.1, 0.15) is 5.56 Å². The van der Waals surface area contributed by atoms with E-state index in [2.05, 4.69) is 15.6 Å². The molecule has 0 aliphatic carbocycles. The number of nitrogens with one attached hydrogen (secondary N) is 1. The third-order valence-electron chi connectivity index (χ3n) is 3.73. The summed E-state index contributed by atoms with van der Waals surface area (Å²) < 4.78 is 1.82. The van der Waals surface area contributed by atoms with Gasteiger partial charge in [0.15, 0.2) is 5.84 Å². The molecule has 24 heavy (non-hydrogen) atoms. The molecule has 4 nitrogen and oxygen atoms in total. The first-order chi connectivity index (χ1) is 11.9. The smallest absolute Gasteiger partial charge is 0.180 e. The number of fused-ring (bicyclic) bond motifs is 1. The first-order valence-electron chi connectivity index (χ1n) is 7.79. The maximum atomic E-state index is 4.65. The minimum atomic E-state index is 0.746. The highest BCUT2D eigenvalue weighted by atomic mass is 15.4. The molecule has 116 valence electrons. The third kappa shape index (κ3) is 2.90. The van der Waals surface area contributed by atoms with Crippen molar-refractivity contribution in [3.63, 3.8) is 0 Å². The summed E-state index contributed by atoms with van der Waals surface area (Å²) in [6, 6.07) is 28.0. The highest BCUT2D eigenvalue weighted by Gasteiger charge is 2.09. The Morgan fingerprint density at radius 3 is 2.21 bits per heavy atom. The first kappa shape index (κ1) is 14.2. The fraction of sp³-hybridized carbons (Fsp3) is 0. The predicted octanol–water partition coefficient (Wildman–Crippen LogP) is 4.36. The first-order valence-corrected chi connectivity index (χ1v) is 7.79. The molecule has 0 spiro atoms. The van der Waals surface area contributed by atoms with Gasteiger partial charge >= 0.3 is 0 Å². The number of para-hydroxylation sites is 1. The molecule has 0 unspecified atom stereocenters. The standard InChI is InChI=1S/C20H16N4/c1-3-9-16(10-4-1)20(22-21-18-12-5-2-6-13-18)24-15-17-11-7-8-14-19(17)23-24/h1-15,21H/b22-20-. The second-order valence-corrected chi connectivity index (χ2v) is 5.41. The van der Waals surface area contributed by atoms with Gasteiger partial charge in [0.2, 0.25) is 0 Å². The van der Waals surface area contributed by atoms with Gasteiger partial charge in [-0.25, -0.2) is 4.68 Å².